The van der Waals surface area contributed by atoms with Crippen LogP contribution in [0.2, 0.25) is 36.3 Å². The van der Waals surface area contributed by atoms with Crippen molar-refractivity contribution in [3.63, 3.8) is 0 Å². The number of hydrogen-bond donors (Lipinski definition) is 1. The third kappa shape index (κ3) is 11.6. The summed E-state index contributed by atoms with van der Waals surface area (Å²) in [6.07, 6.45) is 5.39. The lowest BCUT2D eigenvalue weighted by atomic mass is 9.77. The monoisotopic (exact) mass is 693 g/mol. The number of aldehydes is 1. The summed E-state index contributed by atoms with van der Waals surface area (Å²) in [5, 5.41) is 14.1. The Kier molecular flexibility index (Phi) is 15.1. The molecule has 264 valence electrons. The minimum absolute atomic E-state index is 0.0381. The molecule has 4 atom stereocenters. The molecule has 1 rings (SSSR count). The molecule has 0 aromatic carbocycles. The first-order valence-corrected chi connectivity index (χ1v) is 23.7. The average Bonchev–Trinajstić information content (AvgIpc) is 3.36. The third-order valence-corrected chi connectivity index (χ3v) is 20.0. The van der Waals surface area contributed by atoms with Crippen LogP contribution in [0.3, 0.4) is 0 Å². The molecule has 0 aliphatic heterocycles. The van der Waals surface area contributed by atoms with Gasteiger partial charge in [0.05, 0.1) is 22.6 Å². The van der Waals surface area contributed by atoms with Crippen molar-refractivity contribution in [3.8, 4) is 0 Å². The summed E-state index contributed by atoms with van der Waals surface area (Å²) in [5.41, 5.74) is 2.19. The van der Waals surface area contributed by atoms with Gasteiger partial charge in [0.2, 0.25) is 0 Å². The van der Waals surface area contributed by atoms with Crippen molar-refractivity contribution in [2.45, 2.75) is 164 Å². The standard InChI is InChI=1S/C37H67NO5SSi2/c1-25(19-18-20-26(2)32(40)28(4)34(41)37(12,13)24-39)21-22-31(42-45(14,15)35(6,7)8)27(3)33(30-23-44-29(5)38-30)43-46(16,17)36(9,10)11/h21,23-24,26,28,31-32,40H,18-20,22H2,1-17H3/t26-,28+,31-,32-/m0/s1. The van der Waals surface area contributed by atoms with Crippen LogP contribution in [0.5, 0.6) is 0 Å². The van der Waals surface area contributed by atoms with Crippen molar-refractivity contribution >= 4 is 45.8 Å². The van der Waals surface area contributed by atoms with Gasteiger partial charge in [0.25, 0.3) is 8.32 Å². The second-order valence-electron chi connectivity index (χ2n) is 17.1. The van der Waals surface area contributed by atoms with Crippen molar-refractivity contribution < 1.29 is 23.5 Å². The molecule has 1 N–H and O–H groups in total. The number of Topliss-reactive ketones (excluding diaryl/α,β-unsaturated/α-hetero) is 1. The maximum absolute atomic E-state index is 12.7. The molecule has 0 fully saturated rings. The van der Waals surface area contributed by atoms with Crippen molar-refractivity contribution in [1.29, 1.82) is 0 Å². The third-order valence-electron chi connectivity index (χ3n) is 10.4. The fraction of sp³-hybridized carbons (Fsp3) is 0.757. The lowest BCUT2D eigenvalue weighted by molar-refractivity contribution is -0.139. The summed E-state index contributed by atoms with van der Waals surface area (Å²) in [6.45, 7) is 36.1. The zero-order chi connectivity index (χ0) is 36.1. The molecule has 6 nitrogen and oxygen atoms in total. The summed E-state index contributed by atoms with van der Waals surface area (Å²) in [6, 6.07) is 0. The quantitative estimate of drug-likeness (QED) is 0.0575. The molecule has 46 heavy (non-hydrogen) atoms. The number of nitrogens with zero attached hydrogens (tertiary/aromatic N) is 1. The second-order valence-corrected chi connectivity index (χ2v) is 27.7. The van der Waals surface area contributed by atoms with Gasteiger partial charge in [-0.1, -0.05) is 67.0 Å². The van der Waals surface area contributed by atoms with Gasteiger partial charge in [-0.25, -0.2) is 4.98 Å². The van der Waals surface area contributed by atoms with Gasteiger partial charge in [-0.15, -0.1) is 11.3 Å². The molecule has 0 aliphatic carbocycles. The Labute approximate surface area is 288 Å². The van der Waals surface area contributed by atoms with Crippen molar-refractivity contribution in [1.82, 2.24) is 4.98 Å². The minimum atomic E-state index is -2.17. The zero-order valence-corrected chi connectivity index (χ0v) is 35.1. The molecule has 0 saturated carbocycles. The van der Waals surface area contributed by atoms with E-state index in [9.17, 15) is 14.7 Å². The summed E-state index contributed by atoms with van der Waals surface area (Å²) < 4.78 is 14.2. The lowest BCUT2D eigenvalue weighted by Gasteiger charge is -2.41. The number of rotatable bonds is 17. The maximum atomic E-state index is 12.7. The molecule has 1 heterocycles. The number of hydrogen-bond acceptors (Lipinski definition) is 7. The number of ketones is 1. The van der Waals surface area contributed by atoms with Gasteiger partial charge in [-0.05, 0) is 108 Å². The number of carbonyl (C=O) groups is 2. The number of aliphatic hydroxyl groups excluding tert-OH is 1. The SMILES string of the molecule is CC(=CC[C@H](O[Si](C)(C)C(C)(C)C)C(C)=C(O[Si](C)(C)C(C)(C)C)c1csc(C)n1)CCC[C@H](C)[C@H](O)[C@@H](C)C(=O)C(C)(C)C=O. The van der Waals surface area contributed by atoms with Crippen LogP contribution in [-0.2, 0) is 18.4 Å². The molecule has 0 aliphatic rings. The predicted octanol–water partition coefficient (Wildman–Crippen LogP) is 10.5. The Morgan fingerprint density at radius 1 is 1.00 bits per heavy atom. The molecule has 0 spiro atoms. The zero-order valence-electron chi connectivity index (χ0n) is 32.3. The van der Waals surface area contributed by atoms with Gasteiger partial charge in [0.15, 0.2) is 14.1 Å². The summed E-state index contributed by atoms with van der Waals surface area (Å²) in [7, 11) is -4.30. The van der Waals surface area contributed by atoms with Gasteiger partial charge >= 0.3 is 0 Å². The molecular weight excluding hydrogens is 627 g/mol. The Morgan fingerprint density at radius 3 is 2.00 bits per heavy atom. The summed E-state index contributed by atoms with van der Waals surface area (Å²) in [5.74, 6) is 0.0264. The number of aromatic nitrogens is 1. The topological polar surface area (TPSA) is 85.7 Å². The molecule has 0 radical (unpaired) electrons. The number of aryl methyl sites for hydroxylation is 1. The molecule has 9 heteroatoms. The van der Waals surface area contributed by atoms with E-state index in [0.29, 0.717) is 6.29 Å². The molecule has 0 amide bonds. The number of allylic oxidation sites excluding steroid dienone is 1. The first-order chi connectivity index (χ1) is 20.7. The maximum Gasteiger partial charge on any atom is 0.250 e. The fourth-order valence-electron chi connectivity index (χ4n) is 4.78. The normalized spacial score (nSPS) is 17.2. The van der Waals surface area contributed by atoms with E-state index in [4.69, 9.17) is 13.8 Å². The van der Waals surface area contributed by atoms with Crippen molar-refractivity contribution in [2.24, 2.45) is 17.3 Å². The van der Waals surface area contributed by atoms with E-state index in [0.717, 1.165) is 47.7 Å². The van der Waals surface area contributed by atoms with Gasteiger partial charge < -0.3 is 18.8 Å². The molecule has 0 unspecified atom stereocenters. The van der Waals surface area contributed by atoms with Gasteiger partial charge in [-0.3, -0.25) is 4.79 Å². The minimum Gasteiger partial charge on any atom is -0.542 e. The highest BCUT2D eigenvalue weighted by atomic mass is 32.1. The smallest absolute Gasteiger partial charge is 0.250 e. The van der Waals surface area contributed by atoms with E-state index in [1.54, 1.807) is 32.1 Å². The van der Waals surface area contributed by atoms with Crippen LogP contribution in [0.15, 0.2) is 22.6 Å². The molecular formula is C37H67NO5SSi2. The number of thiazole rings is 1. The predicted molar refractivity (Wildman–Crippen MR) is 201 cm³/mol. The first kappa shape index (κ1) is 42.6. The fourth-order valence-corrected chi connectivity index (χ4v) is 7.79. The largest absolute Gasteiger partial charge is 0.542 e. The summed E-state index contributed by atoms with van der Waals surface area (Å²) >= 11 is 1.64. The van der Waals surface area contributed by atoms with E-state index in [1.807, 2.05) is 13.8 Å². The number of carbonyl (C=O) groups excluding carboxylic acids is 2. The molecule has 1 aromatic rings. The molecule has 0 saturated heterocycles. The highest BCUT2D eigenvalue weighted by Crippen LogP contribution is 2.43. The highest BCUT2D eigenvalue weighted by molar-refractivity contribution is 7.09. The Balaban J connectivity index is 3.31. The van der Waals surface area contributed by atoms with Crippen LogP contribution in [-0.4, -0.2) is 51.0 Å². The van der Waals surface area contributed by atoms with Gasteiger partial charge in [-0.2, -0.15) is 0 Å². The molecule has 0 bridgehead atoms. The van der Waals surface area contributed by atoms with Crippen LogP contribution in [0.25, 0.3) is 5.76 Å². The number of aliphatic hydroxyl groups is 1. The second kappa shape index (κ2) is 16.3. The van der Waals surface area contributed by atoms with E-state index >= 15 is 0 Å². The van der Waals surface area contributed by atoms with Gasteiger partial charge in [0, 0.05) is 11.3 Å². The Morgan fingerprint density at radius 2 is 1.54 bits per heavy atom. The summed E-state index contributed by atoms with van der Waals surface area (Å²) in [4.78, 5) is 29.0. The van der Waals surface area contributed by atoms with E-state index < -0.39 is 34.1 Å². The highest BCUT2D eigenvalue weighted by Gasteiger charge is 2.43. The Bertz CT molecular complexity index is 1230. The van der Waals surface area contributed by atoms with Crippen molar-refractivity contribution in [2.75, 3.05) is 0 Å². The van der Waals surface area contributed by atoms with Crippen LogP contribution in [0.4, 0.5) is 0 Å². The Hall–Kier alpha value is -1.40. The first-order valence-electron chi connectivity index (χ1n) is 17.0. The lowest BCUT2D eigenvalue weighted by Crippen LogP contribution is -2.44. The van der Waals surface area contributed by atoms with Crippen LogP contribution >= 0.6 is 11.3 Å². The van der Waals surface area contributed by atoms with E-state index in [1.165, 1.54) is 5.57 Å². The average molecular weight is 694 g/mol. The molecule has 1 aromatic heterocycles. The van der Waals surface area contributed by atoms with Gasteiger partial charge in [0.1, 0.15) is 17.7 Å². The van der Waals surface area contributed by atoms with Crippen LogP contribution in [0, 0.1) is 24.2 Å². The van der Waals surface area contributed by atoms with E-state index in [2.05, 4.69) is 93.0 Å². The van der Waals surface area contributed by atoms with Crippen molar-refractivity contribution in [3.05, 3.63) is 33.3 Å². The van der Waals surface area contributed by atoms with Crippen LogP contribution < -0.4 is 0 Å². The van der Waals surface area contributed by atoms with Crippen LogP contribution in [0.1, 0.15) is 119 Å². The van der Waals surface area contributed by atoms with E-state index in [-0.39, 0.29) is 27.9 Å².